The number of aryl methyl sites for hydroxylation is 1. The molecule has 1 unspecified atom stereocenters. The standard InChI is InChI=1S/C12H20ClNS/c1-5-6-14-11(8(2)3)12-10(13)9(4)7-15-12/h7-8,11,14H,5-6H2,1-4H3. The van der Waals surface area contributed by atoms with Crippen molar-refractivity contribution in [2.75, 3.05) is 6.54 Å². The normalized spacial score (nSPS) is 13.5. The molecule has 0 spiro atoms. The zero-order valence-electron chi connectivity index (χ0n) is 9.93. The summed E-state index contributed by atoms with van der Waals surface area (Å²) in [5, 5.41) is 6.65. The van der Waals surface area contributed by atoms with Crippen LogP contribution in [0.25, 0.3) is 0 Å². The Bertz CT molecular complexity index is 307. The molecule has 0 aliphatic rings. The van der Waals surface area contributed by atoms with Crippen LogP contribution >= 0.6 is 22.9 Å². The van der Waals surface area contributed by atoms with E-state index in [1.807, 2.05) is 0 Å². The maximum atomic E-state index is 6.30. The molecule has 0 saturated heterocycles. The van der Waals surface area contributed by atoms with Gasteiger partial charge in [0.25, 0.3) is 0 Å². The predicted molar refractivity (Wildman–Crippen MR) is 69.9 cm³/mol. The van der Waals surface area contributed by atoms with Crippen LogP contribution in [0.4, 0.5) is 0 Å². The zero-order chi connectivity index (χ0) is 11.4. The minimum Gasteiger partial charge on any atom is -0.309 e. The molecule has 0 saturated carbocycles. The van der Waals surface area contributed by atoms with Gasteiger partial charge in [-0.05, 0) is 36.8 Å². The minimum atomic E-state index is 0.399. The molecule has 1 aromatic heterocycles. The van der Waals surface area contributed by atoms with Crippen LogP contribution in [0.2, 0.25) is 5.02 Å². The van der Waals surface area contributed by atoms with E-state index < -0.39 is 0 Å². The lowest BCUT2D eigenvalue weighted by molar-refractivity contribution is 0.418. The van der Waals surface area contributed by atoms with Crippen LogP contribution in [-0.4, -0.2) is 6.54 Å². The summed E-state index contributed by atoms with van der Waals surface area (Å²) in [6, 6.07) is 0.399. The van der Waals surface area contributed by atoms with Crippen molar-refractivity contribution in [1.82, 2.24) is 5.32 Å². The first-order valence-electron chi connectivity index (χ1n) is 5.54. The second kappa shape index (κ2) is 5.88. The van der Waals surface area contributed by atoms with Crippen molar-refractivity contribution < 1.29 is 0 Å². The van der Waals surface area contributed by atoms with Gasteiger partial charge in [-0.15, -0.1) is 11.3 Å². The number of halogens is 1. The highest BCUT2D eigenvalue weighted by atomic mass is 35.5. The molecule has 1 N–H and O–H groups in total. The molecule has 0 aliphatic carbocycles. The van der Waals surface area contributed by atoms with E-state index in [0.29, 0.717) is 12.0 Å². The molecule has 0 fully saturated rings. The van der Waals surface area contributed by atoms with Crippen LogP contribution in [0.5, 0.6) is 0 Å². The van der Waals surface area contributed by atoms with Crippen LogP contribution in [-0.2, 0) is 0 Å². The highest BCUT2D eigenvalue weighted by Crippen LogP contribution is 2.35. The number of hydrogen-bond donors (Lipinski definition) is 1. The van der Waals surface area contributed by atoms with Gasteiger partial charge < -0.3 is 5.32 Å². The average molecular weight is 246 g/mol. The molecule has 3 heteroatoms. The smallest absolute Gasteiger partial charge is 0.0590 e. The third kappa shape index (κ3) is 3.20. The lowest BCUT2D eigenvalue weighted by Crippen LogP contribution is -2.25. The van der Waals surface area contributed by atoms with E-state index in [0.717, 1.165) is 18.0 Å². The van der Waals surface area contributed by atoms with E-state index in [1.165, 1.54) is 10.4 Å². The molecular formula is C12H20ClNS. The van der Waals surface area contributed by atoms with Gasteiger partial charge in [-0.25, -0.2) is 0 Å². The van der Waals surface area contributed by atoms with Crippen molar-refractivity contribution in [1.29, 1.82) is 0 Å². The number of nitrogens with one attached hydrogen (secondary N) is 1. The molecule has 1 nitrogen and oxygen atoms in total. The fourth-order valence-corrected chi connectivity index (χ4v) is 3.15. The second-order valence-corrected chi connectivity index (χ2v) is 5.56. The highest BCUT2D eigenvalue weighted by molar-refractivity contribution is 7.10. The summed E-state index contributed by atoms with van der Waals surface area (Å²) in [6.45, 7) is 9.78. The first-order valence-corrected chi connectivity index (χ1v) is 6.80. The first kappa shape index (κ1) is 13.0. The van der Waals surface area contributed by atoms with Gasteiger partial charge in [-0.3, -0.25) is 0 Å². The van der Waals surface area contributed by atoms with Crippen molar-refractivity contribution in [3.8, 4) is 0 Å². The monoisotopic (exact) mass is 245 g/mol. The quantitative estimate of drug-likeness (QED) is 0.811. The van der Waals surface area contributed by atoms with Gasteiger partial charge in [-0.2, -0.15) is 0 Å². The Hall–Kier alpha value is -0.0500. The second-order valence-electron chi connectivity index (χ2n) is 4.27. The molecule has 0 aliphatic heterocycles. The van der Waals surface area contributed by atoms with E-state index >= 15 is 0 Å². The van der Waals surface area contributed by atoms with Gasteiger partial charge in [0.1, 0.15) is 0 Å². The number of rotatable bonds is 5. The molecule has 1 aromatic rings. The molecule has 1 heterocycles. The van der Waals surface area contributed by atoms with Crippen LogP contribution in [0, 0.1) is 12.8 Å². The average Bonchev–Trinajstić information content (AvgIpc) is 2.50. The van der Waals surface area contributed by atoms with Crippen LogP contribution in [0.15, 0.2) is 5.38 Å². The van der Waals surface area contributed by atoms with Gasteiger partial charge in [-0.1, -0.05) is 32.4 Å². The Morgan fingerprint density at radius 1 is 1.47 bits per heavy atom. The van der Waals surface area contributed by atoms with Crippen molar-refractivity contribution in [2.24, 2.45) is 5.92 Å². The Kier molecular flexibility index (Phi) is 5.10. The van der Waals surface area contributed by atoms with Crippen LogP contribution in [0.1, 0.15) is 43.7 Å². The summed E-state index contributed by atoms with van der Waals surface area (Å²) in [7, 11) is 0. The molecule has 0 amide bonds. The van der Waals surface area contributed by atoms with Crippen molar-refractivity contribution in [2.45, 2.75) is 40.2 Å². The van der Waals surface area contributed by atoms with E-state index in [1.54, 1.807) is 11.3 Å². The van der Waals surface area contributed by atoms with E-state index in [2.05, 4.69) is 38.4 Å². The molecule has 1 atom stereocenters. The predicted octanol–water partition coefficient (Wildman–Crippen LogP) is 4.41. The van der Waals surface area contributed by atoms with Crippen molar-refractivity contribution >= 4 is 22.9 Å². The molecule has 15 heavy (non-hydrogen) atoms. The fourth-order valence-electron chi connectivity index (χ4n) is 1.59. The van der Waals surface area contributed by atoms with Crippen molar-refractivity contribution in [3.05, 3.63) is 20.8 Å². The summed E-state index contributed by atoms with van der Waals surface area (Å²) in [6.07, 6.45) is 1.16. The SMILES string of the molecule is CCCNC(c1scc(C)c1Cl)C(C)C. The highest BCUT2D eigenvalue weighted by Gasteiger charge is 2.20. The van der Waals surface area contributed by atoms with E-state index in [-0.39, 0.29) is 0 Å². The van der Waals surface area contributed by atoms with Crippen LogP contribution in [0.3, 0.4) is 0 Å². The Labute approximate surface area is 102 Å². The molecule has 86 valence electrons. The summed E-state index contributed by atoms with van der Waals surface area (Å²) >= 11 is 8.07. The molecule has 0 bridgehead atoms. The van der Waals surface area contributed by atoms with Gasteiger partial charge in [0.15, 0.2) is 0 Å². The summed E-state index contributed by atoms with van der Waals surface area (Å²) in [5.41, 5.74) is 1.20. The molecule has 1 rings (SSSR count). The summed E-state index contributed by atoms with van der Waals surface area (Å²) in [4.78, 5) is 1.29. The molecule has 0 aromatic carbocycles. The summed E-state index contributed by atoms with van der Waals surface area (Å²) < 4.78 is 0. The lowest BCUT2D eigenvalue weighted by Gasteiger charge is -2.21. The third-order valence-electron chi connectivity index (χ3n) is 2.49. The molecule has 0 radical (unpaired) electrons. The maximum Gasteiger partial charge on any atom is 0.0590 e. The number of hydrogen-bond acceptors (Lipinski definition) is 2. The Morgan fingerprint density at radius 3 is 2.53 bits per heavy atom. The first-order chi connectivity index (χ1) is 7.07. The Morgan fingerprint density at radius 2 is 2.13 bits per heavy atom. The largest absolute Gasteiger partial charge is 0.309 e. The fraction of sp³-hybridized carbons (Fsp3) is 0.667. The topological polar surface area (TPSA) is 12.0 Å². The summed E-state index contributed by atoms with van der Waals surface area (Å²) in [5.74, 6) is 0.576. The van der Waals surface area contributed by atoms with Gasteiger partial charge in [0.05, 0.1) is 5.02 Å². The number of thiophene rings is 1. The van der Waals surface area contributed by atoms with E-state index in [4.69, 9.17) is 11.6 Å². The van der Waals surface area contributed by atoms with Crippen molar-refractivity contribution in [3.63, 3.8) is 0 Å². The zero-order valence-corrected chi connectivity index (χ0v) is 11.5. The van der Waals surface area contributed by atoms with Gasteiger partial charge in [0.2, 0.25) is 0 Å². The third-order valence-corrected chi connectivity index (χ3v) is 4.29. The van der Waals surface area contributed by atoms with E-state index in [9.17, 15) is 0 Å². The van der Waals surface area contributed by atoms with Crippen LogP contribution < -0.4 is 5.32 Å². The lowest BCUT2D eigenvalue weighted by atomic mass is 10.0. The van der Waals surface area contributed by atoms with Gasteiger partial charge >= 0.3 is 0 Å². The molecular weight excluding hydrogens is 226 g/mol. The van der Waals surface area contributed by atoms with Gasteiger partial charge in [0, 0.05) is 10.9 Å². The minimum absolute atomic E-state index is 0.399. The Balaban J connectivity index is 2.84. The maximum absolute atomic E-state index is 6.30.